The molecular formula is C28H39N5. The molecular weight excluding hydrogens is 406 g/mol. The molecule has 5 nitrogen and oxygen atoms in total. The van der Waals surface area contributed by atoms with Crippen molar-refractivity contribution in [3.63, 3.8) is 0 Å². The molecule has 0 aliphatic carbocycles. The lowest BCUT2D eigenvalue weighted by molar-refractivity contribution is 0.0666. The number of hydrogen-bond donors (Lipinski definition) is 0. The van der Waals surface area contributed by atoms with Crippen LogP contribution < -0.4 is 0 Å². The van der Waals surface area contributed by atoms with Crippen LogP contribution in [-0.4, -0.2) is 62.6 Å². The minimum Gasteiger partial charge on any atom is -0.308 e. The average molecular weight is 446 g/mol. The first-order valence-electron chi connectivity index (χ1n) is 12.4. The van der Waals surface area contributed by atoms with Crippen molar-refractivity contribution in [3.05, 3.63) is 64.6 Å². The second kappa shape index (κ2) is 10.2. The number of aryl methyl sites for hydroxylation is 3. The van der Waals surface area contributed by atoms with E-state index in [9.17, 15) is 0 Å². The summed E-state index contributed by atoms with van der Waals surface area (Å²) in [5.74, 6) is 1.10. The van der Waals surface area contributed by atoms with Gasteiger partial charge in [0.1, 0.15) is 11.3 Å². The monoisotopic (exact) mass is 445 g/mol. The predicted octanol–water partition coefficient (Wildman–Crippen LogP) is 5.09. The highest BCUT2D eigenvalue weighted by atomic mass is 15.3. The quantitative estimate of drug-likeness (QED) is 0.508. The van der Waals surface area contributed by atoms with Gasteiger partial charge in [0.05, 0.1) is 6.54 Å². The van der Waals surface area contributed by atoms with E-state index in [0.717, 1.165) is 61.8 Å². The Kier molecular flexibility index (Phi) is 7.30. The molecule has 0 radical (unpaired) electrons. The lowest BCUT2D eigenvalue weighted by Crippen LogP contribution is -2.54. The van der Waals surface area contributed by atoms with Crippen molar-refractivity contribution in [1.29, 1.82) is 0 Å². The number of imidazole rings is 1. The Morgan fingerprint density at radius 2 is 1.85 bits per heavy atom. The molecule has 1 unspecified atom stereocenters. The number of aromatic nitrogens is 3. The molecule has 176 valence electrons. The van der Waals surface area contributed by atoms with Gasteiger partial charge in [0.15, 0.2) is 5.65 Å². The summed E-state index contributed by atoms with van der Waals surface area (Å²) in [4.78, 5) is 14.8. The molecule has 2 aromatic heterocycles. The van der Waals surface area contributed by atoms with E-state index >= 15 is 0 Å². The molecule has 0 bridgehead atoms. The Balaban J connectivity index is 1.40. The van der Waals surface area contributed by atoms with Gasteiger partial charge >= 0.3 is 0 Å². The first-order valence-corrected chi connectivity index (χ1v) is 12.4. The summed E-state index contributed by atoms with van der Waals surface area (Å²) in [7, 11) is 0. The van der Waals surface area contributed by atoms with Crippen molar-refractivity contribution in [2.45, 2.75) is 66.6 Å². The Morgan fingerprint density at radius 3 is 2.52 bits per heavy atom. The molecule has 0 saturated carbocycles. The maximum absolute atomic E-state index is 4.87. The number of pyridine rings is 1. The van der Waals surface area contributed by atoms with Crippen LogP contribution in [0.1, 0.15) is 55.9 Å². The van der Waals surface area contributed by atoms with Crippen LogP contribution >= 0.6 is 0 Å². The maximum Gasteiger partial charge on any atom is 0.160 e. The lowest BCUT2D eigenvalue weighted by atomic mass is 10.1. The zero-order valence-electron chi connectivity index (χ0n) is 21.2. The van der Waals surface area contributed by atoms with E-state index in [2.05, 4.69) is 98.4 Å². The minimum atomic E-state index is 0.626. The fraction of sp³-hybridized carbons (Fsp3) is 0.500. The molecule has 4 rings (SSSR count). The molecule has 0 amide bonds. The summed E-state index contributed by atoms with van der Waals surface area (Å²) in [5, 5.41) is 0. The molecule has 0 spiro atoms. The van der Waals surface area contributed by atoms with Gasteiger partial charge < -0.3 is 4.57 Å². The summed E-state index contributed by atoms with van der Waals surface area (Å²) in [6, 6.07) is 12.3. The molecule has 3 heterocycles. The van der Waals surface area contributed by atoms with Gasteiger partial charge in [0.25, 0.3) is 0 Å². The Bertz CT molecular complexity index is 1110. The molecule has 5 heteroatoms. The number of benzene rings is 1. The molecule has 1 fully saturated rings. The number of nitrogens with zero attached hydrogens (tertiary/aromatic N) is 5. The van der Waals surface area contributed by atoms with E-state index in [1.807, 2.05) is 0 Å². The molecule has 3 aromatic rings. The highest BCUT2D eigenvalue weighted by Crippen LogP contribution is 2.21. The topological polar surface area (TPSA) is 37.2 Å². The van der Waals surface area contributed by atoms with Crippen LogP contribution in [0.3, 0.4) is 0 Å². The van der Waals surface area contributed by atoms with Gasteiger partial charge in [-0.05, 0) is 57.4 Å². The third-order valence-electron chi connectivity index (χ3n) is 6.84. The molecule has 1 aliphatic heterocycles. The molecule has 1 saturated heterocycles. The highest BCUT2D eigenvalue weighted by Gasteiger charge is 2.24. The fourth-order valence-corrected chi connectivity index (χ4v) is 5.12. The van der Waals surface area contributed by atoms with E-state index < -0.39 is 0 Å². The van der Waals surface area contributed by atoms with Gasteiger partial charge in [-0.15, -0.1) is 0 Å². The van der Waals surface area contributed by atoms with Gasteiger partial charge in [-0.1, -0.05) is 43.3 Å². The van der Waals surface area contributed by atoms with Crippen LogP contribution in [0.5, 0.6) is 0 Å². The smallest absolute Gasteiger partial charge is 0.160 e. The predicted molar refractivity (Wildman–Crippen MR) is 139 cm³/mol. The third kappa shape index (κ3) is 5.36. The summed E-state index contributed by atoms with van der Waals surface area (Å²) in [6.45, 7) is 18.6. The van der Waals surface area contributed by atoms with E-state index in [4.69, 9.17) is 9.97 Å². The summed E-state index contributed by atoms with van der Waals surface area (Å²) >= 11 is 0. The van der Waals surface area contributed by atoms with Crippen LogP contribution in [0.25, 0.3) is 17.2 Å². The van der Waals surface area contributed by atoms with E-state index in [1.165, 1.54) is 16.7 Å². The first-order chi connectivity index (χ1) is 15.9. The van der Waals surface area contributed by atoms with Crippen LogP contribution in [0, 0.1) is 13.8 Å². The molecule has 1 atom stereocenters. The Hall–Kier alpha value is -2.50. The van der Waals surface area contributed by atoms with Gasteiger partial charge in [-0.2, -0.15) is 0 Å². The van der Waals surface area contributed by atoms with Crippen LogP contribution in [0.15, 0.2) is 36.4 Å². The summed E-state index contributed by atoms with van der Waals surface area (Å²) < 4.78 is 2.28. The van der Waals surface area contributed by atoms with Crippen LogP contribution in [-0.2, 0) is 13.0 Å². The first kappa shape index (κ1) is 23.7. The van der Waals surface area contributed by atoms with Crippen molar-refractivity contribution in [1.82, 2.24) is 24.3 Å². The van der Waals surface area contributed by atoms with E-state index in [0.29, 0.717) is 12.1 Å². The second-order valence-electron chi connectivity index (χ2n) is 9.80. The van der Waals surface area contributed by atoms with Gasteiger partial charge in [-0.3, -0.25) is 9.80 Å². The van der Waals surface area contributed by atoms with E-state index in [-0.39, 0.29) is 0 Å². The fourth-order valence-electron chi connectivity index (χ4n) is 5.12. The largest absolute Gasteiger partial charge is 0.308 e. The van der Waals surface area contributed by atoms with Crippen molar-refractivity contribution in [2.24, 2.45) is 0 Å². The zero-order valence-corrected chi connectivity index (χ0v) is 21.2. The standard InChI is InChI=1S/C28H39N5/c1-7-26-30-27-21(4)17-22(5)29-28(27)33(26)19-25-12-10-24(11-13-25)9-8-14-31-15-16-32(20(2)3)23(6)18-31/h8-13,17,20,23H,7,14-16,18-19H2,1-6H3. The van der Waals surface area contributed by atoms with Crippen molar-refractivity contribution < 1.29 is 0 Å². The second-order valence-corrected chi connectivity index (χ2v) is 9.80. The third-order valence-corrected chi connectivity index (χ3v) is 6.84. The highest BCUT2D eigenvalue weighted by molar-refractivity contribution is 5.76. The van der Waals surface area contributed by atoms with Crippen molar-refractivity contribution in [3.8, 4) is 0 Å². The molecule has 1 aromatic carbocycles. The Morgan fingerprint density at radius 1 is 1.09 bits per heavy atom. The number of piperazine rings is 1. The Labute approximate surface area is 199 Å². The van der Waals surface area contributed by atoms with E-state index in [1.54, 1.807) is 0 Å². The maximum atomic E-state index is 4.87. The number of rotatable bonds is 7. The SMILES string of the molecule is CCc1nc2c(C)cc(C)nc2n1Cc1ccc(C=CCN2CCN(C(C)C)C(C)C2)cc1. The minimum absolute atomic E-state index is 0.626. The molecule has 0 N–H and O–H groups in total. The average Bonchev–Trinajstić information content (AvgIpc) is 3.12. The molecule has 33 heavy (non-hydrogen) atoms. The summed E-state index contributed by atoms with van der Waals surface area (Å²) in [5.41, 5.74) is 6.81. The van der Waals surface area contributed by atoms with Crippen LogP contribution in [0.2, 0.25) is 0 Å². The zero-order chi connectivity index (χ0) is 23.5. The van der Waals surface area contributed by atoms with Gasteiger partial charge in [0.2, 0.25) is 0 Å². The number of fused-ring (bicyclic) bond motifs is 1. The van der Waals surface area contributed by atoms with Crippen LogP contribution in [0.4, 0.5) is 0 Å². The lowest BCUT2D eigenvalue weighted by Gasteiger charge is -2.41. The summed E-state index contributed by atoms with van der Waals surface area (Å²) in [6.07, 6.45) is 5.46. The number of hydrogen-bond acceptors (Lipinski definition) is 4. The van der Waals surface area contributed by atoms with Gasteiger partial charge in [0, 0.05) is 50.4 Å². The van der Waals surface area contributed by atoms with Gasteiger partial charge in [-0.25, -0.2) is 9.97 Å². The van der Waals surface area contributed by atoms with Crippen molar-refractivity contribution >= 4 is 17.2 Å². The van der Waals surface area contributed by atoms with Crippen molar-refractivity contribution in [2.75, 3.05) is 26.2 Å². The molecule has 1 aliphatic rings. The normalized spacial score (nSPS) is 18.2.